The van der Waals surface area contributed by atoms with Crippen LogP contribution in [0.25, 0.3) is 55.6 Å². The monoisotopic (exact) mass is 774 g/mol. The van der Waals surface area contributed by atoms with Crippen LogP contribution in [0.2, 0.25) is 0 Å². The average Bonchev–Trinajstić information content (AvgIpc) is 3.78. The lowest BCUT2D eigenvalue weighted by molar-refractivity contribution is -0.138. The maximum absolute atomic E-state index is 13.3. The molecule has 1 N–H and O–H groups in total. The highest BCUT2D eigenvalue weighted by atomic mass is 19.4. The number of alkyl halides is 6. The topological polar surface area (TPSA) is 97.5 Å². The first-order chi connectivity index (χ1) is 27.3. The van der Waals surface area contributed by atoms with Gasteiger partial charge in [0.05, 0.1) is 33.2 Å². The van der Waals surface area contributed by atoms with E-state index < -0.39 is 23.5 Å². The third-order valence-corrected chi connectivity index (χ3v) is 9.37. The first kappa shape index (κ1) is 38.4. The summed E-state index contributed by atoms with van der Waals surface area (Å²) in [6.45, 7) is 1.55. The van der Waals surface area contributed by atoms with Crippen molar-refractivity contribution in [2.45, 2.75) is 18.8 Å². The van der Waals surface area contributed by atoms with Crippen LogP contribution in [-0.2, 0) is 12.4 Å². The minimum atomic E-state index is -4.47. The summed E-state index contributed by atoms with van der Waals surface area (Å²) in [5.41, 5.74) is 4.41. The summed E-state index contributed by atoms with van der Waals surface area (Å²) in [6.07, 6.45) is -6.31. The van der Waals surface area contributed by atoms with Gasteiger partial charge in [-0.05, 0) is 98.9 Å². The number of nitrogens with one attached hydrogen (secondary N) is 1. The Kier molecular flexibility index (Phi) is 10.3. The molecule has 0 aliphatic rings. The number of pyridine rings is 2. The molecule has 4 aromatic carbocycles. The van der Waals surface area contributed by atoms with Crippen molar-refractivity contribution < 1.29 is 26.3 Å². The Balaban J connectivity index is 0.000000179. The molecule has 4 heterocycles. The summed E-state index contributed by atoms with van der Waals surface area (Å²) in [7, 11) is 3.99. The molecule has 0 bridgehead atoms. The Morgan fingerprint density at radius 1 is 0.649 bits per heavy atom. The molecule has 0 radical (unpaired) electrons. The lowest BCUT2D eigenvalue weighted by Gasteiger charge is -2.16. The molecule has 0 unspecified atom stereocenters. The van der Waals surface area contributed by atoms with Gasteiger partial charge in [-0.1, -0.05) is 48.5 Å². The Morgan fingerprint density at radius 3 is 1.79 bits per heavy atom. The molecule has 4 aromatic heterocycles. The first-order valence-corrected chi connectivity index (χ1v) is 17.7. The Hall–Kier alpha value is -6.90. The van der Waals surface area contributed by atoms with E-state index in [1.54, 1.807) is 34.9 Å². The maximum atomic E-state index is 13.3. The number of fused-ring (bicyclic) bond motifs is 6. The number of benzene rings is 4. The molecule has 0 saturated heterocycles. The standard InChI is InChI=1S/C24H22F3N5.C19H10F3N3/c1-31(2)12-6-11-29-22-14-18(16-7-5-8-17(13-16)24(25,26)27)19(15-28)23-30-20-9-3-4-10-21(20)32(22)23;20-19(21,22)13-5-3-4-12(10-13)14-8-9-25-17-7-2-1-6-16(17)24-18(25)15(14)11-23/h3-5,7-10,13-14,29H,6,11-12H2,1-2H3;1-10H. The zero-order valence-corrected chi connectivity index (χ0v) is 30.5. The van der Waals surface area contributed by atoms with Gasteiger partial charge in [-0.25, -0.2) is 9.97 Å². The SMILES string of the molecule is CN(C)CCCNc1cc(-c2cccc(C(F)(F)F)c2)c(C#N)c2nc3ccccc3n12.N#Cc1c(-c2cccc(C(F)(F)F)c2)ccn2c1nc1ccccc12. The van der Waals surface area contributed by atoms with Gasteiger partial charge >= 0.3 is 12.4 Å². The van der Waals surface area contributed by atoms with Crippen molar-refractivity contribution in [3.05, 3.63) is 138 Å². The highest BCUT2D eigenvalue weighted by Crippen LogP contribution is 2.37. The second-order valence-electron chi connectivity index (χ2n) is 13.4. The summed E-state index contributed by atoms with van der Waals surface area (Å²) in [5.74, 6) is 0.680. The maximum Gasteiger partial charge on any atom is 0.416 e. The number of anilines is 1. The predicted octanol–water partition coefficient (Wildman–Crippen LogP) is 10.5. The van der Waals surface area contributed by atoms with Gasteiger partial charge < -0.3 is 10.2 Å². The van der Waals surface area contributed by atoms with Crippen molar-refractivity contribution in [1.29, 1.82) is 10.5 Å². The van der Waals surface area contributed by atoms with Crippen molar-refractivity contribution in [2.24, 2.45) is 0 Å². The molecule has 14 heteroatoms. The fourth-order valence-corrected chi connectivity index (χ4v) is 6.71. The van der Waals surface area contributed by atoms with Crippen molar-refractivity contribution in [3.63, 3.8) is 0 Å². The number of hydrogen-bond acceptors (Lipinski definition) is 6. The van der Waals surface area contributed by atoms with Crippen LogP contribution in [0.3, 0.4) is 0 Å². The van der Waals surface area contributed by atoms with Crippen LogP contribution in [-0.4, -0.2) is 50.9 Å². The van der Waals surface area contributed by atoms with Gasteiger partial charge in [0.2, 0.25) is 0 Å². The smallest absolute Gasteiger partial charge is 0.371 e. The molecule has 8 aromatic rings. The van der Waals surface area contributed by atoms with Gasteiger partial charge in [0, 0.05) is 23.9 Å². The molecule has 0 atom stereocenters. The van der Waals surface area contributed by atoms with Gasteiger partial charge in [0.1, 0.15) is 29.1 Å². The van der Waals surface area contributed by atoms with Crippen LogP contribution in [0.5, 0.6) is 0 Å². The molecular weight excluding hydrogens is 743 g/mol. The number of nitriles is 2. The minimum absolute atomic E-state index is 0.236. The van der Waals surface area contributed by atoms with Crippen LogP contribution in [0.4, 0.5) is 32.2 Å². The molecule has 0 aliphatic heterocycles. The summed E-state index contributed by atoms with van der Waals surface area (Å²) in [4.78, 5) is 11.2. The number of hydrogen-bond donors (Lipinski definition) is 1. The van der Waals surface area contributed by atoms with Crippen LogP contribution < -0.4 is 5.32 Å². The summed E-state index contributed by atoms with van der Waals surface area (Å²) < 4.78 is 82.5. The van der Waals surface area contributed by atoms with Crippen molar-refractivity contribution in [3.8, 4) is 34.4 Å². The third kappa shape index (κ3) is 7.68. The number of halogens is 6. The van der Waals surface area contributed by atoms with Gasteiger partial charge in [0.15, 0.2) is 11.3 Å². The third-order valence-electron chi connectivity index (χ3n) is 9.37. The first-order valence-electron chi connectivity index (χ1n) is 17.7. The van der Waals surface area contributed by atoms with Crippen LogP contribution in [0.1, 0.15) is 28.7 Å². The quantitative estimate of drug-likeness (QED) is 0.128. The molecule has 0 fully saturated rings. The molecule has 57 heavy (non-hydrogen) atoms. The molecule has 0 amide bonds. The van der Waals surface area contributed by atoms with Gasteiger partial charge in [-0.15, -0.1) is 0 Å². The normalized spacial score (nSPS) is 11.8. The van der Waals surface area contributed by atoms with Crippen molar-refractivity contribution in [1.82, 2.24) is 23.7 Å². The zero-order chi connectivity index (χ0) is 40.5. The molecule has 8 rings (SSSR count). The van der Waals surface area contributed by atoms with E-state index in [0.29, 0.717) is 51.4 Å². The lowest BCUT2D eigenvalue weighted by atomic mass is 9.99. The number of para-hydroxylation sites is 4. The van der Waals surface area contributed by atoms with Gasteiger partial charge in [0.25, 0.3) is 0 Å². The fraction of sp³-hybridized carbons (Fsp3) is 0.163. The van der Waals surface area contributed by atoms with Gasteiger partial charge in [-0.2, -0.15) is 36.9 Å². The zero-order valence-electron chi connectivity index (χ0n) is 30.5. The van der Waals surface area contributed by atoms with E-state index in [4.69, 9.17) is 0 Å². The van der Waals surface area contributed by atoms with E-state index in [1.807, 2.05) is 67.0 Å². The molecule has 8 nitrogen and oxygen atoms in total. The minimum Gasteiger partial charge on any atom is -0.371 e. The van der Waals surface area contributed by atoms with E-state index >= 15 is 0 Å². The summed E-state index contributed by atoms with van der Waals surface area (Å²) in [5, 5.41) is 22.9. The molecule has 286 valence electrons. The molecular formula is C43H32F6N8. The van der Waals surface area contributed by atoms with Crippen molar-refractivity contribution in [2.75, 3.05) is 32.5 Å². The Morgan fingerprint density at radius 2 is 1.19 bits per heavy atom. The number of nitrogens with zero attached hydrogens (tertiary/aromatic N) is 7. The highest BCUT2D eigenvalue weighted by Gasteiger charge is 2.32. The Labute approximate surface area is 322 Å². The van der Waals surface area contributed by atoms with Crippen molar-refractivity contribution >= 4 is 39.2 Å². The average molecular weight is 775 g/mol. The largest absolute Gasteiger partial charge is 0.416 e. The number of aromatic nitrogens is 4. The van der Waals surface area contributed by atoms with Gasteiger partial charge in [-0.3, -0.25) is 8.80 Å². The fourth-order valence-electron chi connectivity index (χ4n) is 6.71. The second kappa shape index (κ2) is 15.3. The highest BCUT2D eigenvalue weighted by molar-refractivity contribution is 5.90. The van der Waals surface area contributed by atoms with E-state index in [9.17, 15) is 36.9 Å². The summed E-state index contributed by atoms with van der Waals surface area (Å²) >= 11 is 0. The number of rotatable bonds is 7. The second-order valence-corrected chi connectivity index (χ2v) is 13.4. The Bertz CT molecular complexity index is 2860. The van der Waals surface area contributed by atoms with E-state index in [1.165, 1.54) is 12.1 Å². The molecule has 0 saturated carbocycles. The van der Waals surface area contributed by atoms with Crippen LogP contribution >= 0.6 is 0 Å². The van der Waals surface area contributed by atoms with Crippen LogP contribution in [0.15, 0.2) is 115 Å². The predicted molar refractivity (Wildman–Crippen MR) is 207 cm³/mol. The molecule has 0 aliphatic carbocycles. The van der Waals surface area contributed by atoms with Crippen LogP contribution in [0, 0.1) is 22.7 Å². The molecule has 0 spiro atoms. The van der Waals surface area contributed by atoms with E-state index in [2.05, 4.69) is 32.3 Å². The summed E-state index contributed by atoms with van der Waals surface area (Å²) in [6, 6.07) is 32.6. The van der Waals surface area contributed by atoms with E-state index in [0.717, 1.165) is 53.8 Å². The number of imidazole rings is 2. The van der Waals surface area contributed by atoms with E-state index in [-0.39, 0.29) is 11.1 Å². The lowest BCUT2D eigenvalue weighted by Crippen LogP contribution is -2.17.